The molecule has 0 aliphatic rings. The van der Waals surface area contributed by atoms with E-state index in [1.54, 1.807) is 24.4 Å². The molecule has 1 atom stereocenters. The summed E-state index contributed by atoms with van der Waals surface area (Å²) in [4.78, 5) is 26.8. The van der Waals surface area contributed by atoms with Crippen molar-refractivity contribution in [3.05, 3.63) is 70.9 Å². The number of fused-ring (bicyclic) bond motifs is 1. The third kappa shape index (κ3) is 3.26. The van der Waals surface area contributed by atoms with Gasteiger partial charge in [-0.2, -0.15) is 0 Å². The quantitative estimate of drug-likeness (QED) is 0.743. The average molecular weight is 342 g/mol. The first-order valence-corrected chi connectivity index (χ1v) is 7.75. The molecule has 0 saturated carbocycles. The molecule has 0 aliphatic heterocycles. The largest absolute Gasteiger partial charge is 0.548 e. The van der Waals surface area contributed by atoms with Crippen LogP contribution in [0.2, 0.25) is 5.02 Å². The molecular weight excluding hydrogens is 328 g/mol. The Kier molecular flexibility index (Phi) is 4.53. The third-order valence-corrected chi connectivity index (χ3v) is 4.14. The fourth-order valence-electron chi connectivity index (χ4n) is 2.60. The minimum absolute atomic E-state index is 0.114. The summed E-state index contributed by atoms with van der Waals surface area (Å²) in [7, 11) is 0. The second kappa shape index (κ2) is 6.76. The number of carboxylic acid groups (broad SMARTS) is 1. The van der Waals surface area contributed by atoms with Crippen LogP contribution in [0.1, 0.15) is 15.9 Å². The van der Waals surface area contributed by atoms with Crippen LogP contribution in [0, 0.1) is 0 Å². The SMILES string of the molecule is O=C(N[C@H](Cc1c[nH]c2ccccc12)C(=O)[O-])c1ccccc1Cl. The molecule has 0 fully saturated rings. The van der Waals surface area contributed by atoms with Crippen LogP contribution in [0.5, 0.6) is 0 Å². The first-order valence-electron chi connectivity index (χ1n) is 7.37. The van der Waals surface area contributed by atoms with Gasteiger partial charge in [-0.1, -0.05) is 41.9 Å². The van der Waals surface area contributed by atoms with E-state index in [0.29, 0.717) is 0 Å². The lowest BCUT2D eigenvalue weighted by Crippen LogP contribution is -2.49. The van der Waals surface area contributed by atoms with Gasteiger partial charge in [-0.05, 0) is 23.8 Å². The monoisotopic (exact) mass is 341 g/mol. The zero-order valence-electron chi connectivity index (χ0n) is 12.6. The highest BCUT2D eigenvalue weighted by atomic mass is 35.5. The summed E-state index contributed by atoms with van der Waals surface area (Å²) in [6, 6.07) is 12.9. The van der Waals surface area contributed by atoms with Crippen molar-refractivity contribution in [3.63, 3.8) is 0 Å². The van der Waals surface area contributed by atoms with Gasteiger partial charge in [0.1, 0.15) is 0 Å². The van der Waals surface area contributed by atoms with Crippen molar-refractivity contribution in [2.75, 3.05) is 0 Å². The number of benzene rings is 2. The maximum Gasteiger partial charge on any atom is 0.253 e. The van der Waals surface area contributed by atoms with Crippen molar-refractivity contribution in [2.24, 2.45) is 0 Å². The molecule has 2 aromatic carbocycles. The van der Waals surface area contributed by atoms with Crippen molar-refractivity contribution in [2.45, 2.75) is 12.5 Å². The molecule has 24 heavy (non-hydrogen) atoms. The molecule has 3 rings (SSSR count). The van der Waals surface area contributed by atoms with Crippen LogP contribution >= 0.6 is 11.6 Å². The molecular formula is C18H14ClN2O3-. The van der Waals surface area contributed by atoms with Crippen molar-refractivity contribution in [1.82, 2.24) is 10.3 Å². The van der Waals surface area contributed by atoms with Gasteiger partial charge in [-0.25, -0.2) is 0 Å². The maximum atomic E-state index is 12.3. The molecule has 1 heterocycles. The van der Waals surface area contributed by atoms with Gasteiger partial charge in [-0.15, -0.1) is 0 Å². The third-order valence-electron chi connectivity index (χ3n) is 3.81. The summed E-state index contributed by atoms with van der Waals surface area (Å²) < 4.78 is 0. The van der Waals surface area contributed by atoms with Crippen molar-refractivity contribution in [1.29, 1.82) is 0 Å². The zero-order valence-corrected chi connectivity index (χ0v) is 13.3. The molecule has 0 bridgehead atoms. The highest BCUT2D eigenvalue weighted by Gasteiger charge is 2.18. The van der Waals surface area contributed by atoms with E-state index in [-0.39, 0.29) is 17.0 Å². The summed E-state index contributed by atoms with van der Waals surface area (Å²) in [5.74, 6) is -1.89. The second-order valence-corrected chi connectivity index (χ2v) is 5.80. The average Bonchev–Trinajstić information content (AvgIpc) is 2.97. The molecule has 1 aromatic heterocycles. The van der Waals surface area contributed by atoms with E-state index in [1.807, 2.05) is 24.3 Å². The van der Waals surface area contributed by atoms with Gasteiger partial charge in [0, 0.05) is 23.5 Å². The van der Waals surface area contributed by atoms with E-state index in [4.69, 9.17) is 11.6 Å². The minimum Gasteiger partial charge on any atom is -0.548 e. The van der Waals surface area contributed by atoms with E-state index in [1.165, 1.54) is 6.07 Å². The molecule has 1 amide bonds. The Morgan fingerprint density at radius 2 is 1.83 bits per heavy atom. The number of halogens is 1. The molecule has 3 aromatic rings. The molecule has 0 spiro atoms. The minimum atomic E-state index is -1.35. The van der Waals surface area contributed by atoms with Gasteiger partial charge in [0.05, 0.1) is 22.6 Å². The summed E-state index contributed by atoms with van der Waals surface area (Å²) in [5, 5.41) is 15.1. The van der Waals surface area contributed by atoms with Gasteiger partial charge in [-0.3, -0.25) is 4.79 Å². The summed E-state index contributed by atoms with van der Waals surface area (Å²) >= 11 is 5.97. The molecule has 2 N–H and O–H groups in total. The Morgan fingerprint density at radius 1 is 1.12 bits per heavy atom. The lowest BCUT2D eigenvalue weighted by atomic mass is 10.0. The van der Waals surface area contributed by atoms with E-state index in [0.717, 1.165) is 16.5 Å². The molecule has 122 valence electrons. The number of hydrogen-bond acceptors (Lipinski definition) is 3. The fraction of sp³-hybridized carbons (Fsp3) is 0.111. The maximum absolute atomic E-state index is 12.3. The van der Waals surface area contributed by atoms with E-state index in [2.05, 4.69) is 10.3 Å². The van der Waals surface area contributed by atoms with Gasteiger partial charge >= 0.3 is 0 Å². The lowest BCUT2D eigenvalue weighted by molar-refractivity contribution is -0.308. The van der Waals surface area contributed by atoms with Crippen LogP contribution in [-0.4, -0.2) is 22.9 Å². The lowest BCUT2D eigenvalue weighted by Gasteiger charge is -2.20. The first kappa shape index (κ1) is 16.1. The molecule has 0 aliphatic carbocycles. The van der Waals surface area contributed by atoms with Crippen molar-refractivity contribution in [3.8, 4) is 0 Å². The molecule has 0 saturated heterocycles. The predicted molar refractivity (Wildman–Crippen MR) is 89.7 cm³/mol. The normalized spacial score (nSPS) is 12.0. The number of para-hydroxylation sites is 1. The van der Waals surface area contributed by atoms with E-state index in [9.17, 15) is 14.7 Å². The Hall–Kier alpha value is -2.79. The molecule has 0 unspecified atom stereocenters. The number of hydrogen-bond donors (Lipinski definition) is 2. The Balaban J connectivity index is 1.82. The number of carbonyl (C=O) groups excluding carboxylic acids is 2. The van der Waals surface area contributed by atoms with Crippen LogP contribution in [-0.2, 0) is 11.2 Å². The van der Waals surface area contributed by atoms with Crippen LogP contribution < -0.4 is 10.4 Å². The summed E-state index contributed by atoms with van der Waals surface area (Å²) in [6.07, 6.45) is 1.85. The second-order valence-electron chi connectivity index (χ2n) is 5.39. The Labute approximate surface area is 143 Å². The highest BCUT2D eigenvalue weighted by molar-refractivity contribution is 6.33. The fourth-order valence-corrected chi connectivity index (χ4v) is 2.82. The topological polar surface area (TPSA) is 85.0 Å². The summed E-state index contributed by atoms with van der Waals surface area (Å²) in [5.41, 5.74) is 1.92. The van der Waals surface area contributed by atoms with E-state index < -0.39 is 17.9 Å². The van der Waals surface area contributed by atoms with Gasteiger partial charge in [0.2, 0.25) is 0 Å². The highest BCUT2D eigenvalue weighted by Crippen LogP contribution is 2.20. The van der Waals surface area contributed by atoms with E-state index >= 15 is 0 Å². The van der Waals surface area contributed by atoms with Gasteiger partial charge in [0.25, 0.3) is 5.91 Å². The zero-order chi connectivity index (χ0) is 17.1. The number of amides is 1. The number of carboxylic acids is 1. The number of aromatic amines is 1. The number of aromatic nitrogens is 1. The first-order chi connectivity index (χ1) is 11.6. The Morgan fingerprint density at radius 3 is 2.58 bits per heavy atom. The van der Waals surface area contributed by atoms with Crippen molar-refractivity contribution < 1.29 is 14.7 Å². The predicted octanol–water partition coefficient (Wildman–Crippen LogP) is 1.91. The number of nitrogens with one attached hydrogen (secondary N) is 2. The number of H-pyrrole nitrogens is 1. The van der Waals surface area contributed by atoms with Gasteiger partial charge in [0.15, 0.2) is 0 Å². The molecule has 5 nitrogen and oxygen atoms in total. The molecule has 0 radical (unpaired) electrons. The molecule has 6 heteroatoms. The van der Waals surface area contributed by atoms with Crippen molar-refractivity contribution >= 4 is 34.4 Å². The number of rotatable bonds is 5. The number of carbonyl (C=O) groups is 2. The van der Waals surface area contributed by atoms with Gasteiger partial charge < -0.3 is 20.2 Å². The van der Waals surface area contributed by atoms with Crippen LogP contribution in [0.15, 0.2) is 54.7 Å². The van der Waals surface area contributed by atoms with Crippen LogP contribution in [0.25, 0.3) is 10.9 Å². The van der Waals surface area contributed by atoms with Crippen LogP contribution in [0.4, 0.5) is 0 Å². The standard InChI is InChI=1S/C18H15ClN2O3/c19-14-7-3-1-6-13(14)17(22)21-16(18(23)24)9-11-10-20-15-8-4-2-5-12(11)15/h1-8,10,16,20H,9H2,(H,21,22)(H,23,24)/p-1/t16-/m1/s1. The Bertz CT molecular complexity index is 904. The summed E-state index contributed by atoms with van der Waals surface area (Å²) in [6.45, 7) is 0. The number of aliphatic carboxylic acids is 1. The smallest absolute Gasteiger partial charge is 0.253 e. The van der Waals surface area contributed by atoms with Crippen LogP contribution in [0.3, 0.4) is 0 Å².